The highest BCUT2D eigenvalue weighted by molar-refractivity contribution is 5.90. The van der Waals surface area contributed by atoms with Crippen molar-refractivity contribution in [2.75, 3.05) is 13.2 Å². The molecular formula is C12H14F3NO4. The Hall–Kier alpha value is -1.83. The van der Waals surface area contributed by atoms with Crippen molar-refractivity contribution in [1.82, 2.24) is 4.57 Å². The normalized spacial score (nSPS) is 11.7. The molecule has 0 spiro atoms. The summed E-state index contributed by atoms with van der Waals surface area (Å²) in [5.74, 6) is -1.19. The van der Waals surface area contributed by atoms with Gasteiger partial charge in [-0.05, 0) is 19.4 Å². The number of pyridine rings is 1. The number of aromatic carboxylic acids is 1. The topological polar surface area (TPSA) is 68.5 Å². The Bertz CT molecular complexity index is 563. The minimum atomic E-state index is -4.43. The lowest BCUT2D eigenvalue weighted by Gasteiger charge is -2.14. The fraction of sp³-hybridized carbons (Fsp3) is 0.500. The summed E-state index contributed by atoms with van der Waals surface area (Å²) in [6.45, 7) is 1.05. The van der Waals surface area contributed by atoms with Gasteiger partial charge in [0.2, 0.25) is 0 Å². The maximum absolute atomic E-state index is 11.9. The Kier molecular flexibility index (Phi) is 4.93. The summed E-state index contributed by atoms with van der Waals surface area (Å²) in [7, 11) is 0. The second kappa shape index (κ2) is 6.08. The SMILES string of the molecule is Cc1cc(=O)n(CCOCC(F)(F)F)c(C)c1C(=O)O. The van der Waals surface area contributed by atoms with Gasteiger partial charge in [-0.15, -0.1) is 0 Å². The summed E-state index contributed by atoms with van der Waals surface area (Å²) in [5.41, 5.74) is 0.00611. The molecule has 0 saturated carbocycles. The lowest BCUT2D eigenvalue weighted by molar-refractivity contribution is -0.174. The molecule has 0 radical (unpaired) electrons. The summed E-state index contributed by atoms with van der Waals surface area (Å²) in [6, 6.07) is 1.14. The molecule has 1 aromatic heterocycles. The monoisotopic (exact) mass is 293 g/mol. The summed E-state index contributed by atoms with van der Waals surface area (Å²) >= 11 is 0. The van der Waals surface area contributed by atoms with Crippen molar-refractivity contribution >= 4 is 5.97 Å². The fourth-order valence-corrected chi connectivity index (χ4v) is 1.87. The predicted molar refractivity (Wildman–Crippen MR) is 64.0 cm³/mol. The molecule has 112 valence electrons. The van der Waals surface area contributed by atoms with Gasteiger partial charge in [0.15, 0.2) is 0 Å². The van der Waals surface area contributed by atoms with E-state index in [-0.39, 0.29) is 24.4 Å². The molecule has 5 nitrogen and oxygen atoms in total. The van der Waals surface area contributed by atoms with Crippen LogP contribution in [0.5, 0.6) is 0 Å². The van der Waals surface area contributed by atoms with E-state index in [0.29, 0.717) is 5.56 Å². The molecule has 0 unspecified atom stereocenters. The third-order valence-electron chi connectivity index (χ3n) is 2.71. The maximum atomic E-state index is 11.9. The number of ether oxygens (including phenoxy) is 1. The molecule has 0 aliphatic rings. The van der Waals surface area contributed by atoms with Gasteiger partial charge in [-0.2, -0.15) is 13.2 Å². The smallest absolute Gasteiger partial charge is 0.411 e. The molecule has 1 rings (SSSR count). The zero-order valence-corrected chi connectivity index (χ0v) is 11.0. The number of hydrogen-bond acceptors (Lipinski definition) is 3. The van der Waals surface area contributed by atoms with E-state index in [0.717, 1.165) is 10.6 Å². The highest BCUT2D eigenvalue weighted by Gasteiger charge is 2.27. The molecule has 8 heteroatoms. The van der Waals surface area contributed by atoms with Gasteiger partial charge in [-0.1, -0.05) is 0 Å². The number of alkyl halides is 3. The Morgan fingerprint density at radius 1 is 1.40 bits per heavy atom. The van der Waals surface area contributed by atoms with Gasteiger partial charge in [0, 0.05) is 18.3 Å². The first kappa shape index (κ1) is 16.2. The first-order chi connectivity index (χ1) is 9.13. The fourth-order valence-electron chi connectivity index (χ4n) is 1.87. The summed E-state index contributed by atoms with van der Waals surface area (Å²) in [6.07, 6.45) is -4.43. The number of halogens is 3. The number of carboxylic acid groups (broad SMARTS) is 1. The van der Waals surface area contributed by atoms with Crippen molar-refractivity contribution in [3.63, 3.8) is 0 Å². The number of carbonyl (C=O) groups is 1. The van der Waals surface area contributed by atoms with E-state index in [9.17, 15) is 22.8 Å². The third kappa shape index (κ3) is 4.09. The maximum Gasteiger partial charge on any atom is 0.411 e. The zero-order chi connectivity index (χ0) is 15.5. The summed E-state index contributed by atoms with van der Waals surface area (Å²) in [5, 5.41) is 9.04. The van der Waals surface area contributed by atoms with E-state index in [4.69, 9.17) is 5.11 Å². The Balaban J connectivity index is 2.88. The van der Waals surface area contributed by atoms with Crippen LogP contribution in [0.25, 0.3) is 0 Å². The first-order valence-corrected chi connectivity index (χ1v) is 5.72. The van der Waals surface area contributed by atoms with E-state index >= 15 is 0 Å². The highest BCUT2D eigenvalue weighted by Crippen LogP contribution is 2.15. The molecule has 0 bridgehead atoms. The molecule has 1 N–H and O–H groups in total. The standard InChI is InChI=1S/C12H14F3NO4/c1-7-5-9(17)16(8(2)10(7)11(18)19)3-4-20-6-12(13,14)15/h5H,3-4,6H2,1-2H3,(H,18,19). The van der Waals surface area contributed by atoms with Gasteiger partial charge < -0.3 is 14.4 Å². The summed E-state index contributed by atoms with van der Waals surface area (Å²) < 4.78 is 41.2. The van der Waals surface area contributed by atoms with Gasteiger partial charge in [0.25, 0.3) is 5.56 Å². The highest BCUT2D eigenvalue weighted by atomic mass is 19.4. The van der Waals surface area contributed by atoms with Crippen molar-refractivity contribution in [1.29, 1.82) is 0 Å². The van der Waals surface area contributed by atoms with E-state index in [2.05, 4.69) is 4.74 Å². The van der Waals surface area contributed by atoms with Crippen molar-refractivity contribution in [3.05, 3.63) is 33.2 Å². The average Bonchev–Trinajstić information content (AvgIpc) is 2.24. The molecule has 20 heavy (non-hydrogen) atoms. The minimum Gasteiger partial charge on any atom is -0.478 e. The molecule has 0 aliphatic heterocycles. The van der Waals surface area contributed by atoms with Crippen LogP contribution in [-0.2, 0) is 11.3 Å². The second-order valence-electron chi connectivity index (χ2n) is 4.25. The number of aryl methyl sites for hydroxylation is 1. The molecule has 0 saturated heterocycles. The predicted octanol–water partition coefficient (Wildman–Crippen LogP) is 1.74. The van der Waals surface area contributed by atoms with Gasteiger partial charge in [-0.25, -0.2) is 4.79 Å². The van der Waals surface area contributed by atoms with Crippen LogP contribution in [0, 0.1) is 13.8 Å². The van der Waals surface area contributed by atoms with Gasteiger partial charge in [-0.3, -0.25) is 4.79 Å². The Morgan fingerprint density at radius 2 is 2.00 bits per heavy atom. The van der Waals surface area contributed by atoms with Crippen LogP contribution in [0.4, 0.5) is 13.2 Å². The molecule has 0 amide bonds. The van der Waals surface area contributed by atoms with Crippen LogP contribution in [-0.4, -0.2) is 35.0 Å². The average molecular weight is 293 g/mol. The lowest BCUT2D eigenvalue weighted by atomic mass is 10.1. The van der Waals surface area contributed by atoms with Crippen LogP contribution in [0.1, 0.15) is 21.6 Å². The van der Waals surface area contributed by atoms with Crippen molar-refractivity contribution in [2.24, 2.45) is 0 Å². The largest absolute Gasteiger partial charge is 0.478 e. The number of aromatic nitrogens is 1. The van der Waals surface area contributed by atoms with E-state index in [1.807, 2.05) is 0 Å². The number of rotatable bonds is 5. The Morgan fingerprint density at radius 3 is 2.50 bits per heavy atom. The van der Waals surface area contributed by atoms with Crippen molar-refractivity contribution in [2.45, 2.75) is 26.6 Å². The molecule has 1 heterocycles. The number of carboxylic acids is 1. The van der Waals surface area contributed by atoms with Crippen molar-refractivity contribution < 1.29 is 27.8 Å². The third-order valence-corrected chi connectivity index (χ3v) is 2.71. The van der Waals surface area contributed by atoms with E-state index < -0.39 is 24.3 Å². The quantitative estimate of drug-likeness (QED) is 0.840. The van der Waals surface area contributed by atoms with Gasteiger partial charge in [0.05, 0.1) is 12.2 Å². The van der Waals surface area contributed by atoms with Crippen LogP contribution in [0.2, 0.25) is 0 Å². The lowest BCUT2D eigenvalue weighted by Crippen LogP contribution is -2.28. The number of hydrogen-bond donors (Lipinski definition) is 1. The molecule has 0 fully saturated rings. The molecular weight excluding hydrogens is 279 g/mol. The second-order valence-corrected chi connectivity index (χ2v) is 4.25. The Labute approximate surface area is 112 Å². The van der Waals surface area contributed by atoms with Crippen LogP contribution >= 0.6 is 0 Å². The zero-order valence-electron chi connectivity index (χ0n) is 11.0. The van der Waals surface area contributed by atoms with Gasteiger partial charge >= 0.3 is 12.1 Å². The van der Waals surface area contributed by atoms with Gasteiger partial charge in [0.1, 0.15) is 6.61 Å². The van der Waals surface area contributed by atoms with Crippen LogP contribution in [0.3, 0.4) is 0 Å². The number of nitrogens with zero attached hydrogens (tertiary/aromatic N) is 1. The van der Waals surface area contributed by atoms with Crippen molar-refractivity contribution in [3.8, 4) is 0 Å². The van der Waals surface area contributed by atoms with Crippen LogP contribution < -0.4 is 5.56 Å². The minimum absolute atomic E-state index is 0.0274. The van der Waals surface area contributed by atoms with E-state index in [1.54, 1.807) is 0 Å². The molecule has 0 aliphatic carbocycles. The first-order valence-electron chi connectivity index (χ1n) is 5.72. The molecule has 1 aromatic rings. The molecule has 0 atom stereocenters. The summed E-state index contributed by atoms with van der Waals surface area (Å²) in [4.78, 5) is 22.8. The van der Waals surface area contributed by atoms with E-state index in [1.165, 1.54) is 13.8 Å². The van der Waals surface area contributed by atoms with Crippen LogP contribution in [0.15, 0.2) is 10.9 Å². The molecule has 0 aromatic carbocycles.